The summed E-state index contributed by atoms with van der Waals surface area (Å²) in [6, 6.07) is 1.18. The Kier molecular flexibility index (Phi) is 9.34. The van der Waals surface area contributed by atoms with Crippen LogP contribution in [-0.2, 0) is 6.42 Å². The first-order valence-corrected chi connectivity index (χ1v) is 11.3. The van der Waals surface area contributed by atoms with Crippen molar-refractivity contribution in [3.63, 3.8) is 0 Å². The van der Waals surface area contributed by atoms with Gasteiger partial charge in [0.2, 0.25) is 0 Å². The first-order valence-electron chi connectivity index (χ1n) is 10.4. The third-order valence-corrected chi connectivity index (χ3v) is 5.98. The van der Waals surface area contributed by atoms with Crippen LogP contribution in [0.3, 0.4) is 0 Å². The van der Waals surface area contributed by atoms with Gasteiger partial charge in [-0.15, -0.1) is 11.3 Å². The zero-order valence-corrected chi connectivity index (χ0v) is 18.6. The number of guanidine groups is 1. The number of hydrogen-bond donors (Lipinski definition) is 2. The predicted octanol–water partition coefficient (Wildman–Crippen LogP) is 2.96. The smallest absolute Gasteiger partial charge is 0.190 e. The second-order valence-corrected chi connectivity index (χ2v) is 8.61. The number of hydrogen-bond acceptors (Lipinski definition) is 5. The molecule has 0 aliphatic carbocycles. The van der Waals surface area contributed by atoms with Crippen molar-refractivity contribution in [2.75, 3.05) is 44.7 Å². The van der Waals surface area contributed by atoms with Crippen molar-refractivity contribution >= 4 is 22.4 Å². The lowest BCUT2D eigenvalue weighted by molar-refractivity contribution is 0.173. The molecule has 154 valence electrons. The monoisotopic (exact) mass is 394 g/mol. The van der Waals surface area contributed by atoms with Gasteiger partial charge in [0.15, 0.2) is 11.1 Å². The lowest BCUT2D eigenvalue weighted by atomic mass is 10.2. The van der Waals surface area contributed by atoms with Crippen LogP contribution in [0.5, 0.6) is 0 Å². The summed E-state index contributed by atoms with van der Waals surface area (Å²) in [5.74, 6) is 0.880. The van der Waals surface area contributed by atoms with E-state index in [-0.39, 0.29) is 0 Å². The van der Waals surface area contributed by atoms with E-state index in [1.54, 1.807) is 11.3 Å². The maximum absolute atomic E-state index is 4.78. The molecule has 7 heteroatoms. The zero-order valence-electron chi connectivity index (χ0n) is 17.8. The highest BCUT2D eigenvalue weighted by molar-refractivity contribution is 7.13. The summed E-state index contributed by atoms with van der Waals surface area (Å²) in [4.78, 5) is 14.0. The Morgan fingerprint density at radius 2 is 1.85 bits per heavy atom. The molecule has 1 aliphatic rings. The molecule has 1 aromatic rings. The molecule has 2 rings (SSSR count). The van der Waals surface area contributed by atoms with E-state index in [4.69, 9.17) is 4.98 Å². The molecule has 2 heterocycles. The van der Waals surface area contributed by atoms with Crippen LogP contribution in [0.1, 0.15) is 52.7 Å². The van der Waals surface area contributed by atoms with Crippen molar-refractivity contribution in [2.45, 2.75) is 65.5 Å². The van der Waals surface area contributed by atoms with E-state index in [9.17, 15) is 0 Å². The van der Waals surface area contributed by atoms with E-state index in [1.807, 2.05) is 7.05 Å². The van der Waals surface area contributed by atoms with Crippen LogP contribution in [-0.4, -0.2) is 67.7 Å². The summed E-state index contributed by atoms with van der Waals surface area (Å²) < 4.78 is 0. The third-order valence-electron chi connectivity index (χ3n) is 5.03. The minimum absolute atomic E-state index is 0.589. The zero-order chi connectivity index (χ0) is 19.6. The molecule has 1 fully saturated rings. The molecule has 27 heavy (non-hydrogen) atoms. The third kappa shape index (κ3) is 7.30. The van der Waals surface area contributed by atoms with Gasteiger partial charge in [-0.05, 0) is 47.0 Å². The molecule has 2 N–H and O–H groups in total. The van der Waals surface area contributed by atoms with Gasteiger partial charge in [-0.1, -0.05) is 0 Å². The van der Waals surface area contributed by atoms with E-state index in [0.717, 1.165) is 51.5 Å². The van der Waals surface area contributed by atoms with Crippen molar-refractivity contribution in [2.24, 2.45) is 4.99 Å². The first kappa shape index (κ1) is 22.0. The van der Waals surface area contributed by atoms with Gasteiger partial charge in [0, 0.05) is 63.7 Å². The number of aromatic nitrogens is 1. The van der Waals surface area contributed by atoms with Gasteiger partial charge in [-0.2, -0.15) is 0 Å². The molecule has 1 saturated heterocycles. The van der Waals surface area contributed by atoms with Crippen molar-refractivity contribution in [1.82, 2.24) is 20.5 Å². The Balaban J connectivity index is 1.64. The predicted molar refractivity (Wildman–Crippen MR) is 118 cm³/mol. The molecular formula is C20H38N6S. The van der Waals surface area contributed by atoms with E-state index in [1.165, 1.54) is 23.7 Å². The number of thiazole rings is 1. The number of nitrogens with one attached hydrogen (secondary N) is 2. The summed E-state index contributed by atoms with van der Waals surface area (Å²) in [6.45, 7) is 14.3. The quantitative estimate of drug-likeness (QED) is 0.363. The van der Waals surface area contributed by atoms with Crippen LogP contribution in [0.2, 0.25) is 0 Å². The average molecular weight is 395 g/mol. The Labute approximate surface area is 169 Å². The lowest BCUT2D eigenvalue weighted by Crippen LogP contribution is -2.41. The second kappa shape index (κ2) is 11.5. The minimum Gasteiger partial charge on any atom is -0.356 e. The molecule has 0 aromatic carbocycles. The molecule has 0 bridgehead atoms. The van der Waals surface area contributed by atoms with Crippen molar-refractivity contribution in [3.8, 4) is 0 Å². The fourth-order valence-electron chi connectivity index (χ4n) is 3.58. The van der Waals surface area contributed by atoms with Crippen LogP contribution in [0.4, 0.5) is 5.13 Å². The standard InChI is InChI=1S/C20H38N6S/c1-16(2)26(17(3)4)14-8-10-22-19(21-5)23-11-9-18-15-27-20(24-18)25-12-6-7-13-25/h15-17H,6-14H2,1-5H3,(H2,21,22,23). The Morgan fingerprint density at radius 1 is 1.19 bits per heavy atom. The maximum atomic E-state index is 4.78. The molecule has 1 aliphatic heterocycles. The van der Waals surface area contributed by atoms with Gasteiger partial charge in [0.1, 0.15) is 0 Å². The minimum atomic E-state index is 0.589. The van der Waals surface area contributed by atoms with Crippen molar-refractivity contribution in [1.29, 1.82) is 0 Å². The highest BCUT2D eigenvalue weighted by Crippen LogP contribution is 2.24. The molecule has 0 atom stereocenters. The Hall–Kier alpha value is -1.34. The Bertz CT molecular complexity index is 555. The van der Waals surface area contributed by atoms with Gasteiger partial charge in [0.25, 0.3) is 0 Å². The van der Waals surface area contributed by atoms with E-state index < -0.39 is 0 Å². The molecule has 0 saturated carbocycles. The molecule has 0 spiro atoms. The van der Waals surface area contributed by atoms with E-state index in [0.29, 0.717) is 12.1 Å². The maximum Gasteiger partial charge on any atom is 0.190 e. The van der Waals surface area contributed by atoms with Gasteiger partial charge in [0.05, 0.1) is 5.69 Å². The van der Waals surface area contributed by atoms with Crippen molar-refractivity contribution in [3.05, 3.63) is 11.1 Å². The van der Waals surface area contributed by atoms with Crippen LogP contribution >= 0.6 is 11.3 Å². The molecule has 0 unspecified atom stereocenters. The normalized spacial score (nSPS) is 15.4. The van der Waals surface area contributed by atoms with Crippen LogP contribution in [0.25, 0.3) is 0 Å². The fraction of sp³-hybridized carbons (Fsp3) is 0.800. The molecule has 1 aromatic heterocycles. The van der Waals surface area contributed by atoms with E-state index in [2.05, 4.69) is 58.5 Å². The molecule has 0 amide bonds. The van der Waals surface area contributed by atoms with Crippen molar-refractivity contribution < 1.29 is 0 Å². The molecule has 0 radical (unpaired) electrons. The number of rotatable bonds is 10. The summed E-state index contributed by atoms with van der Waals surface area (Å²) in [5.41, 5.74) is 1.18. The van der Waals surface area contributed by atoms with Gasteiger partial charge in [-0.3, -0.25) is 9.89 Å². The highest BCUT2D eigenvalue weighted by atomic mass is 32.1. The van der Waals surface area contributed by atoms with Crippen LogP contribution in [0.15, 0.2) is 10.4 Å². The largest absolute Gasteiger partial charge is 0.356 e. The number of aliphatic imine (C=N–C) groups is 1. The summed E-state index contributed by atoms with van der Waals surface area (Å²) >= 11 is 1.77. The SMILES string of the molecule is CN=C(NCCCN(C(C)C)C(C)C)NCCc1csc(N2CCCC2)n1. The number of nitrogens with zero attached hydrogens (tertiary/aromatic N) is 4. The molecule has 6 nitrogen and oxygen atoms in total. The summed E-state index contributed by atoms with van der Waals surface area (Å²) in [5, 5.41) is 10.2. The van der Waals surface area contributed by atoms with Gasteiger partial charge < -0.3 is 15.5 Å². The van der Waals surface area contributed by atoms with Crippen LogP contribution < -0.4 is 15.5 Å². The summed E-state index contributed by atoms with van der Waals surface area (Å²) in [7, 11) is 1.83. The average Bonchev–Trinajstić information content (AvgIpc) is 3.30. The van der Waals surface area contributed by atoms with E-state index >= 15 is 0 Å². The van der Waals surface area contributed by atoms with Gasteiger partial charge in [-0.25, -0.2) is 4.98 Å². The topological polar surface area (TPSA) is 55.8 Å². The summed E-state index contributed by atoms with van der Waals surface area (Å²) in [6.07, 6.45) is 4.64. The van der Waals surface area contributed by atoms with Gasteiger partial charge >= 0.3 is 0 Å². The number of anilines is 1. The fourth-order valence-corrected chi connectivity index (χ4v) is 4.49. The Morgan fingerprint density at radius 3 is 2.48 bits per heavy atom. The highest BCUT2D eigenvalue weighted by Gasteiger charge is 2.15. The lowest BCUT2D eigenvalue weighted by Gasteiger charge is -2.30. The second-order valence-electron chi connectivity index (χ2n) is 7.77. The van der Waals surface area contributed by atoms with Crippen LogP contribution in [0, 0.1) is 0 Å². The first-order chi connectivity index (χ1) is 13.0. The molecular weight excluding hydrogens is 356 g/mol.